The van der Waals surface area contributed by atoms with Crippen molar-refractivity contribution in [1.29, 1.82) is 0 Å². The first-order chi connectivity index (χ1) is 12.2. The van der Waals surface area contributed by atoms with Crippen LogP contribution >= 0.6 is 0 Å². The molecule has 1 amide bonds. The molecule has 0 unspecified atom stereocenters. The highest BCUT2D eigenvalue weighted by Crippen LogP contribution is 2.35. The summed E-state index contributed by atoms with van der Waals surface area (Å²) in [4.78, 5) is 15.0. The molecule has 0 radical (unpaired) electrons. The maximum Gasteiger partial charge on any atom is 0.254 e. The molecule has 124 valence electrons. The number of nitrogens with zero attached hydrogens (tertiary/aromatic N) is 1. The second kappa shape index (κ2) is 6.52. The van der Waals surface area contributed by atoms with Gasteiger partial charge in [-0.05, 0) is 47.4 Å². The molecule has 25 heavy (non-hydrogen) atoms. The van der Waals surface area contributed by atoms with Crippen LogP contribution in [0, 0.1) is 5.82 Å². The van der Waals surface area contributed by atoms with Gasteiger partial charge in [-0.1, -0.05) is 54.6 Å². The molecule has 1 aliphatic heterocycles. The Bertz CT molecular complexity index is 889. The fourth-order valence-electron chi connectivity index (χ4n) is 3.54. The molecule has 1 aliphatic rings. The lowest BCUT2D eigenvalue weighted by atomic mass is 9.88. The van der Waals surface area contributed by atoms with E-state index in [1.165, 1.54) is 17.7 Å². The Morgan fingerprint density at radius 2 is 1.56 bits per heavy atom. The summed E-state index contributed by atoms with van der Waals surface area (Å²) in [7, 11) is 0. The second-order valence-electron chi connectivity index (χ2n) is 6.27. The van der Waals surface area contributed by atoms with Gasteiger partial charge in [0.15, 0.2) is 0 Å². The van der Waals surface area contributed by atoms with Crippen molar-refractivity contribution >= 4 is 5.91 Å². The normalized spacial score (nSPS) is 16.4. The van der Waals surface area contributed by atoms with Crippen molar-refractivity contribution in [2.45, 2.75) is 12.5 Å². The molecule has 0 aliphatic carbocycles. The van der Waals surface area contributed by atoms with Crippen LogP contribution in [0.25, 0.3) is 0 Å². The zero-order valence-electron chi connectivity index (χ0n) is 13.7. The molecule has 0 spiro atoms. The van der Waals surface area contributed by atoms with Crippen LogP contribution in [0.15, 0.2) is 78.9 Å². The maximum atomic E-state index is 13.2. The lowest BCUT2D eigenvalue weighted by Gasteiger charge is -2.38. The van der Waals surface area contributed by atoms with E-state index in [0.717, 1.165) is 17.5 Å². The number of carbonyl (C=O) groups excluding carboxylic acids is 1. The Kier molecular flexibility index (Phi) is 4.06. The Hall–Kier alpha value is -2.94. The van der Waals surface area contributed by atoms with Crippen LogP contribution in [0.5, 0.6) is 0 Å². The van der Waals surface area contributed by atoms with Crippen LogP contribution in [0.1, 0.15) is 33.1 Å². The van der Waals surface area contributed by atoms with E-state index < -0.39 is 0 Å². The van der Waals surface area contributed by atoms with Gasteiger partial charge < -0.3 is 4.90 Å². The van der Waals surface area contributed by atoms with E-state index in [1.807, 2.05) is 35.2 Å². The van der Waals surface area contributed by atoms with Gasteiger partial charge in [-0.15, -0.1) is 0 Å². The van der Waals surface area contributed by atoms with Crippen molar-refractivity contribution < 1.29 is 9.18 Å². The number of amides is 1. The second-order valence-corrected chi connectivity index (χ2v) is 6.27. The molecule has 0 bridgehead atoms. The fourth-order valence-corrected chi connectivity index (χ4v) is 3.54. The average molecular weight is 331 g/mol. The molecule has 4 rings (SSSR count). The van der Waals surface area contributed by atoms with Crippen LogP contribution < -0.4 is 0 Å². The Labute approximate surface area is 146 Å². The Morgan fingerprint density at radius 1 is 0.880 bits per heavy atom. The third-order valence-electron chi connectivity index (χ3n) is 4.75. The summed E-state index contributed by atoms with van der Waals surface area (Å²) in [6.45, 7) is 0.646. The van der Waals surface area contributed by atoms with Crippen molar-refractivity contribution in [1.82, 2.24) is 4.90 Å². The summed E-state index contributed by atoms with van der Waals surface area (Å²) in [6.07, 6.45) is 0.826. The predicted octanol–water partition coefficient (Wildman–Crippen LogP) is 4.61. The number of carbonyl (C=O) groups is 1. The molecule has 1 heterocycles. The first kappa shape index (κ1) is 15.6. The van der Waals surface area contributed by atoms with Crippen molar-refractivity contribution in [3.05, 3.63) is 107 Å². The molecule has 3 aromatic carbocycles. The minimum Gasteiger partial charge on any atom is -0.327 e. The first-order valence-corrected chi connectivity index (χ1v) is 8.43. The zero-order chi connectivity index (χ0) is 17.2. The van der Waals surface area contributed by atoms with E-state index in [9.17, 15) is 9.18 Å². The molecule has 2 nitrogen and oxygen atoms in total. The van der Waals surface area contributed by atoms with E-state index in [0.29, 0.717) is 12.1 Å². The fraction of sp³-hybridized carbons (Fsp3) is 0.136. The summed E-state index contributed by atoms with van der Waals surface area (Å²) >= 11 is 0. The predicted molar refractivity (Wildman–Crippen MR) is 95.9 cm³/mol. The summed E-state index contributed by atoms with van der Waals surface area (Å²) in [5.41, 5.74) is 4.04. The monoisotopic (exact) mass is 331 g/mol. The van der Waals surface area contributed by atoms with Crippen LogP contribution in [0.4, 0.5) is 4.39 Å². The molecular formula is C22H18FNO. The Balaban J connectivity index is 1.78. The third-order valence-corrected chi connectivity index (χ3v) is 4.75. The topological polar surface area (TPSA) is 20.3 Å². The molecule has 0 saturated carbocycles. The van der Waals surface area contributed by atoms with Gasteiger partial charge in [0.2, 0.25) is 0 Å². The van der Waals surface area contributed by atoms with E-state index in [2.05, 4.69) is 24.3 Å². The first-order valence-electron chi connectivity index (χ1n) is 8.43. The minimum absolute atomic E-state index is 0.0663. The highest BCUT2D eigenvalue weighted by molar-refractivity contribution is 5.95. The minimum atomic E-state index is -0.333. The lowest BCUT2D eigenvalue weighted by molar-refractivity contribution is 0.0694. The van der Waals surface area contributed by atoms with Crippen LogP contribution in [0.3, 0.4) is 0 Å². The van der Waals surface area contributed by atoms with E-state index in [-0.39, 0.29) is 17.8 Å². The quantitative estimate of drug-likeness (QED) is 0.671. The molecule has 3 heteroatoms. The van der Waals surface area contributed by atoms with E-state index in [4.69, 9.17) is 0 Å². The van der Waals surface area contributed by atoms with Gasteiger partial charge in [0.25, 0.3) is 5.91 Å². The summed E-state index contributed by atoms with van der Waals surface area (Å²) < 4.78 is 13.2. The number of benzene rings is 3. The molecule has 0 saturated heterocycles. The highest BCUT2D eigenvalue weighted by Gasteiger charge is 2.32. The zero-order valence-corrected chi connectivity index (χ0v) is 13.7. The van der Waals surface area contributed by atoms with Crippen molar-refractivity contribution in [3.63, 3.8) is 0 Å². The van der Waals surface area contributed by atoms with Crippen LogP contribution in [-0.4, -0.2) is 17.4 Å². The maximum absolute atomic E-state index is 13.2. The number of fused-ring (bicyclic) bond motifs is 1. The van der Waals surface area contributed by atoms with Gasteiger partial charge >= 0.3 is 0 Å². The molecular weight excluding hydrogens is 313 g/mol. The smallest absolute Gasteiger partial charge is 0.254 e. The number of hydrogen-bond donors (Lipinski definition) is 0. The molecule has 1 atom stereocenters. The largest absolute Gasteiger partial charge is 0.327 e. The van der Waals surface area contributed by atoms with Crippen LogP contribution in [0.2, 0.25) is 0 Å². The van der Waals surface area contributed by atoms with Gasteiger partial charge in [-0.25, -0.2) is 4.39 Å². The Morgan fingerprint density at radius 3 is 2.32 bits per heavy atom. The standard InChI is InChI=1S/C22H18FNO/c23-19-12-10-18(11-13-19)22(25)24-15-14-16-6-4-5-9-20(16)21(24)17-7-2-1-3-8-17/h1-13,21H,14-15H2/t21-/m0/s1. The van der Waals surface area contributed by atoms with Gasteiger partial charge in [0, 0.05) is 12.1 Å². The molecule has 0 N–H and O–H groups in total. The lowest BCUT2D eigenvalue weighted by Crippen LogP contribution is -2.40. The van der Waals surface area contributed by atoms with Gasteiger partial charge in [0.1, 0.15) is 5.82 Å². The number of halogens is 1. The van der Waals surface area contributed by atoms with Crippen molar-refractivity contribution in [3.8, 4) is 0 Å². The highest BCUT2D eigenvalue weighted by atomic mass is 19.1. The van der Waals surface area contributed by atoms with Crippen molar-refractivity contribution in [2.75, 3.05) is 6.54 Å². The molecule has 0 aromatic heterocycles. The number of rotatable bonds is 2. The summed E-state index contributed by atoms with van der Waals surface area (Å²) in [5, 5.41) is 0. The van der Waals surface area contributed by atoms with Crippen molar-refractivity contribution in [2.24, 2.45) is 0 Å². The molecule has 0 fully saturated rings. The summed E-state index contributed by atoms with van der Waals surface area (Å²) in [6, 6.07) is 24.0. The number of hydrogen-bond acceptors (Lipinski definition) is 1. The third kappa shape index (κ3) is 2.93. The van der Waals surface area contributed by atoms with Gasteiger partial charge in [0.05, 0.1) is 6.04 Å². The van der Waals surface area contributed by atoms with E-state index >= 15 is 0 Å². The van der Waals surface area contributed by atoms with Crippen LogP contribution in [-0.2, 0) is 6.42 Å². The SMILES string of the molecule is O=C(c1ccc(F)cc1)N1CCc2ccccc2[C@@H]1c1ccccc1. The molecule has 3 aromatic rings. The average Bonchev–Trinajstić information content (AvgIpc) is 2.68. The van der Waals surface area contributed by atoms with Gasteiger partial charge in [-0.2, -0.15) is 0 Å². The van der Waals surface area contributed by atoms with Gasteiger partial charge in [-0.3, -0.25) is 4.79 Å². The van der Waals surface area contributed by atoms with E-state index in [1.54, 1.807) is 12.1 Å². The summed E-state index contributed by atoms with van der Waals surface area (Å²) in [5.74, 6) is -0.400.